The van der Waals surface area contributed by atoms with E-state index in [0.29, 0.717) is 6.42 Å². The van der Waals surface area contributed by atoms with Crippen LogP contribution in [-0.4, -0.2) is 24.8 Å². The van der Waals surface area contributed by atoms with E-state index in [-0.39, 0.29) is 12.5 Å². The molecule has 0 aromatic heterocycles. The molecule has 5 nitrogen and oxygen atoms in total. The lowest BCUT2D eigenvalue weighted by Crippen LogP contribution is -2.25. The van der Waals surface area contributed by atoms with Gasteiger partial charge < -0.3 is 15.2 Å². The molecule has 0 heterocycles. The molecule has 0 saturated heterocycles. The lowest BCUT2D eigenvalue weighted by atomic mass is 10.2. The fourth-order valence-corrected chi connectivity index (χ4v) is 1.03. The largest absolute Gasteiger partial charge is 0.425 e. The van der Waals surface area contributed by atoms with Crippen molar-refractivity contribution in [2.75, 3.05) is 6.54 Å². The van der Waals surface area contributed by atoms with E-state index in [0.717, 1.165) is 12.8 Å². The monoisotopic (exact) mass is 229 g/mol. The molecule has 0 bridgehead atoms. The number of allylic oxidation sites excluding steroid dienone is 2. The molecule has 5 heteroatoms. The average Bonchev–Trinajstić information content (AvgIpc) is 2.24. The normalized spacial score (nSPS) is 12.4. The van der Waals surface area contributed by atoms with Gasteiger partial charge in [0.15, 0.2) is 0 Å². The van der Waals surface area contributed by atoms with Gasteiger partial charge in [0.25, 0.3) is 0 Å². The second-order valence-corrected chi connectivity index (χ2v) is 3.21. The van der Waals surface area contributed by atoms with Crippen molar-refractivity contribution < 1.29 is 19.1 Å². The van der Waals surface area contributed by atoms with Crippen LogP contribution in [0.15, 0.2) is 12.2 Å². The third-order valence-corrected chi connectivity index (χ3v) is 1.75. The highest BCUT2D eigenvalue weighted by Gasteiger charge is 2.12. The van der Waals surface area contributed by atoms with E-state index in [4.69, 9.17) is 10.5 Å². The van der Waals surface area contributed by atoms with Crippen molar-refractivity contribution in [2.24, 2.45) is 5.73 Å². The molecule has 16 heavy (non-hydrogen) atoms. The van der Waals surface area contributed by atoms with Gasteiger partial charge in [0.1, 0.15) is 0 Å². The lowest BCUT2D eigenvalue weighted by Gasteiger charge is -2.13. The van der Waals surface area contributed by atoms with Crippen LogP contribution >= 0.6 is 0 Å². The molecule has 0 radical (unpaired) electrons. The van der Waals surface area contributed by atoms with E-state index in [1.165, 1.54) is 6.92 Å². The Bertz CT molecular complexity index is 250. The number of hydrogen-bond donors (Lipinski definition) is 1. The van der Waals surface area contributed by atoms with Gasteiger partial charge in [0.05, 0.1) is 6.54 Å². The van der Waals surface area contributed by atoms with Crippen molar-refractivity contribution in [3.05, 3.63) is 12.2 Å². The summed E-state index contributed by atoms with van der Waals surface area (Å²) in [5.41, 5.74) is 5.04. The Labute approximate surface area is 95.6 Å². The van der Waals surface area contributed by atoms with Crippen molar-refractivity contribution in [1.82, 2.24) is 0 Å². The van der Waals surface area contributed by atoms with Gasteiger partial charge in [-0.25, -0.2) is 0 Å². The predicted octanol–water partition coefficient (Wildman–Crippen LogP) is 1.12. The summed E-state index contributed by atoms with van der Waals surface area (Å²) in [6, 6.07) is 0. The molecule has 0 saturated carbocycles. The molecule has 2 N–H and O–H groups in total. The van der Waals surface area contributed by atoms with E-state index < -0.39 is 12.3 Å². The number of nitrogens with two attached hydrogens (primary N) is 1. The molecular weight excluding hydrogens is 210 g/mol. The van der Waals surface area contributed by atoms with Crippen LogP contribution in [0.5, 0.6) is 0 Å². The molecule has 0 fully saturated rings. The van der Waals surface area contributed by atoms with Crippen molar-refractivity contribution in [1.29, 1.82) is 0 Å². The number of carbonyl (C=O) groups excluding carboxylic acids is 2. The molecule has 1 unspecified atom stereocenters. The first-order valence-electron chi connectivity index (χ1n) is 5.30. The number of rotatable bonds is 7. The second-order valence-electron chi connectivity index (χ2n) is 3.21. The van der Waals surface area contributed by atoms with Gasteiger partial charge in [-0.2, -0.15) is 0 Å². The maximum Gasteiger partial charge on any atom is 0.322 e. The highest BCUT2D eigenvalue weighted by Crippen LogP contribution is 2.02. The number of unbranched alkanes of at least 4 members (excludes halogenated alkanes) is 1. The molecule has 0 aromatic rings. The number of esters is 2. The van der Waals surface area contributed by atoms with Crippen LogP contribution in [0.3, 0.4) is 0 Å². The van der Waals surface area contributed by atoms with Gasteiger partial charge in [-0.05, 0) is 19.8 Å². The molecule has 0 amide bonds. The smallest absolute Gasteiger partial charge is 0.322 e. The summed E-state index contributed by atoms with van der Waals surface area (Å²) in [5, 5.41) is 0. The van der Waals surface area contributed by atoms with Crippen LogP contribution in [0.2, 0.25) is 0 Å². The zero-order valence-corrected chi connectivity index (χ0v) is 9.77. The maximum atomic E-state index is 11.2. The second kappa shape index (κ2) is 8.91. The Morgan fingerprint density at radius 2 is 1.94 bits per heavy atom. The highest BCUT2D eigenvalue weighted by atomic mass is 16.7. The van der Waals surface area contributed by atoms with E-state index in [9.17, 15) is 9.59 Å². The molecule has 0 spiro atoms. The Balaban J connectivity index is 3.65. The minimum atomic E-state index is -0.870. The van der Waals surface area contributed by atoms with Crippen LogP contribution in [-0.2, 0) is 19.1 Å². The third kappa shape index (κ3) is 7.99. The summed E-state index contributed by atoms with van der Waals surface area (Å²) >= 11 is 0. The van der Waals surface area contributed by atoms with E-state index in [1.54, 1.807) is 0 Å². The summed E-state index contributed by atoms with van der Waals surface area (Å²) in [6.45, 7) is 3.19. The summed E-state index contributed by atoms with van der Waals surface area (Å²) in [4.78, 5) is 22.0. The van der Waals surface area contributed by atoms with Crippen molar-refractivity contribution in [3.8, 4) is 0 Å². The Morgan fingerprint density at radius 1 is 1.31 bits per heavy atom. The van der Waals surface area contributed by atoms with Gasteiger partial charge in [-0.3, -0.25) is 9.59 Å². The topological polar surface area (TPSA) is 78.6 Å². The molecule has 0 aliphatic heterocycles. The van der Waals surface area contributed by atoms with E-state index in [2.05, 4.69) is 4.74 Å². The van der Waals surface area contributed by atoms with Crippen LogP contribution in [0.1, 0.15) is 33.1 Å². The maximum absolute atomic E-state index is 11.2. The van der Waals surface area contributed by atoms with Crippen molar-refractivity contribution >= 4 is 11.9 Å². The number of ether oxygens (including phenoxy) is 2. The van der Waals surface area contributed by atoms with Crippen LogP contribution in [0.4, 0.5) is 0 Å². The molecule has 0 aliphatic carbocycles. The van der Waals surface area contributed by atoms with Gasteiger partial charge >= 0.3 is 11.9 Å². The molecule has 0 aromatic carbocycles. The summed E-state index contributed by atoms with van der Waals surface area (Å²) in [7, 11) is 0. The molecule has 0 rings (SSSR count). The lowest BCUT2D eigenvalue weighted by molar-refractivity contribution is -0.183. The SMILES string of the molecule is C/C=C\CCCC(=O)OC(C)OC(=O)CN. The number of hydrogen-bond acceptors (Lipinski definition) is 5. The fourth-order valence-electron chi connectivity index (χ4n) is 1.03. The summed E-state index contributed by atoms with van der Waals surface area (Å²) in [6.07, 6.45) is 4.91. The number of carbonyl (C=O) groups is 2. The van der Waals surface area contributed by atoms with Gasteiger partial charge in [0, 0.05) is 13.3 Å². The average molecular weight is 229 g/mol. The van der Waals surface area contributed by atoms with E-state index in [1.807, 2.05) is 19.1 Å². The van der Waals surface area contributed by atoms with Gasteiger partial charge in [0.2, 0.25) is 6.29 Å². The first kappa shape index (κ1) is 14.6. The Hall–Kier alpha value is -1.36. The minimum absolute atomic E-state index is 0.219. The predicted molar refractivity (Wildman–Crippen MR) is 59.4 cm³/mol. The third-order valence-electron chi connectivity index (χ3n) is 1.75. The van der Waals surface area contributed by atoms with Gasteiger partial charge in [-0.15, -0.1) is 0 Å². The minimum Gasteiger partial charge on any atom is -0.425 e. The first-order chi connectivity index (χ1) is 7.60. The van der Waals surface area contributed by atoms with Crippen molar-refractivity contribution in [3.63, 3.8) is 0 Å². The standard InChI is InChI=1S/C11H19NO4/c1-3-4-5-6-7-10(13)15-9(2)16-11(14)8-12/h3-4,9H,5-8,12H2,1-2H3/b4-3-. The Morgan fingerprint density at radius 3 is 2.50 bits per heavy atom. The molecular formula is C11H19NO4. The van der Waals surface area contributed by atoms with Gasteiger partial charge in [-0.1, -0.05) is 12.2 Å². The van der Waals surface area contributed by atoms with Crippen LogP contribution < -0.4 is 5.73 Å². The zero-order valence-electron chi connectivity index (χ0n) is 9.77. The van der Waals surface area contributed by atoms with Crippen LogP contribution in [0.25, 0.3) is 0 Å². The molecule has 0 aliphatic rings. The molecule has 92 valence electrons. The zero-order chi connectivity index (χ0) is 12.4. The quantitative estimate of drug-likeness (QED) is 0.306. The molecule has 1 atom stereocenters. The van der Waals surface area contributed by atoms with Crippen LogP contribution in [0, 0.1) is 0 Å². The highest BCUT2D eigenvalue weighted by molar-refractivity contribution is 5.72. The summed E-state index contributed by atoms with van der Waals surface area (Å²) < 4.78 is 9.52. The van der Waals surface area contributed by atoms with Crippen molar-refractivity contribution in [2.45, 2.75) is 39.4 Å². The Kier molecular flexibility index (Phi) is 8.15. The van der Waals surface area contributed by atoms with E-state index >= 15 is 0 Å². The first-order valence-corrected chi connectivity index (χ1v) is 5.30. The summed E-state index contributed by atoms with van der Waals surface area (Å²) in [5.74, 6) is -0.962. The fraction of sp³-hybridized carbons (Fsp3) is 0.636.